The SMILES string of the molecule is CCOc1cc(N2CC3CCC(N)C3C2)ncn1. The van der Waals surface area contributed by atoms with Crippen molar-refractivity contribution in [2.24, 2.45) is 17.6 Å². The Morgan fingerprint density at radius 3 is 3.06 bits per heavy atom. The molecule has 1 saturated carbocycles. The van der Waals surface area contributed by atoms with Gasteiger partial charge in [0.2, 0.25) is 5.88 Å². The zero-order valence-electron chi connectivity index (χ0n) is 10.7. The summed E-state index contributed by atoms with van der Waals surface area (Å²) in [4.78, 5) is 10.8. The normalized spacial score (nSPS) is 30.6. The van der Waals surface area contributed by atoms with Crippen molar-refractivity contribution in [1.82, 2.24) is 9.97 Å². The van der Waals surface area contributed by atoms with Crippen molar-refractivity contribution >= 4 is 5.82 Å². The van der Waals surface area contributed by atoms with Crippen LogP contribution in [0.25, 0.3) is 0 Å². The molecule has 2 aliphatic rings. The molecule has 0 amide bonds. The van der Waals surface area contributed by atoms with E-state index in [0.29, 0.717) is 24.4 Å². The Bertz CT molecular complexity index is 425. The van der Waals surface area contributed by atoms with Crippen molar-refractivity contribution in [3.05, 3.63) is 12.4 Å². The number of rotatable bonds is 3. The molecule has 2 heterocycles. The minimum Gasteiger partial charge on any atom is -0.478 e. The van der Waals surface area contributed by atoms with Crippen LogP contribution in [0.5, 0.6) is 5.88 Å². The van der Waals surface area contributed by atoms with Crippen LogP contribution in [0.15, 0.2) is 12.4 Å². The van der Waals surface area contributed by atoms with E-state index in [1.807, 2.05) is 13.0 Å². The highest BCUT2D eigenvalue weighted by Gasteiger charge is 2.41. The standard InChI is InChI=1S/C13H20N4O/c1-2-18-13-5-12(15-8-16-13)17-6-9-3-4-11(14)10(9)7-17/h5,8-11H,2-4,6-7,14H2,1H3. The molecule has 0 radical (unpaired) electrons. The Morgan fingerprint density at radius 2 is 2.28 bits per heavy atom. The molecule has 18 heavy (non-hydrogen) atoms. The van der Waals surface area contributed by atoms with Crippen molar-refractivity contribution in [3.8, 4) is 5.88 Å². The molecule has 0 aromatic carbocycles. The molecule has 5 nitrogen and oxygen atoms in total. The smallest absolute Gasteiger partial charge is 0.218 e. The Labute approximate surface area is 107 Å². The highest BCUT2D eigenvalue weighted by Crippen LogP contribution is 2.38. The van der Waals surface area contributed by atoms with Crippen LogP contribution in [0.4, 0.5) is 5.82 Å². The third-order valence-corrected chi connectivity index (χ3v) is 4.16. The van der Waals surface area contributed by atoms with Gasteiger partial charge in [-0.3, -0.25) is 0 Å². The summed E-state index contributed by atoms with van der Waals surface area (Å²) < 4.78 is 5.42. The van der Waals surface area contributed by atoms with E-state index in [4.69, 9.17) is 10.5 Å². The maximum atomic E-state index is 6.15. The van der Waals surface area contributed by atoms with Crippen molar-refractivity contribution in [3.63, 3.8) is 0 Å². The van der Waals surface area contributed by atoms with Crippen LogP contribution >= 0.6 is 0 Å². The van der Waals surface area contributed by atoms with E-state index in [0.717, 1.165) is 24.8 Å². The summed E-state index contributed by atoms with van der Waals surface area (Å²) in [5, 5.41) is 0. The van der Waals surface area contributed by atoms with E-state index in [2.05, 4.69) is 14.9 Å². The fraction of sp³-hybridized carbons (Fsp3) is 0.692. The Hall–Kier alpha value is -1.36. The van der Waals surface area contributed by atoms with Gasteiger partial charge in [0, 0.05) is 25.2 Å². The molecule has 0 bridgehead atoms. The fourth-order valence-corrected chi connectivity index (χ4v) is 3.22. The number of hydrogen-bond acceptors (Lipinski definition) is 5. The van der Waals surface area contributed by atoms with Crippen LogP contribution < -0.4 is 15.4 Å². The molecule has 0 spiro atoms. The molecule has 5 heteroatoms. The molecular formula is C13H20N4O. The lowest BCUT2D eigenvalue weighted by Crippen LogP contribution is -2.30. The summed E-state index contributed by atoms with van der Waals surface area (Å²) in [6, 6.07) is 2.30. The highest BCUT2D eigenvalue weighted by molar-refractivity contribution is 5.42. The minimum atomic E-state index is 0.369. The van der Waals surface area contributed by atoms with Gasteiger partial charge >= 0.3 is 0 Å². The lowest BCUT2D eigenvalue weighted by atomic mass is 9.98. The number of nitrogens with two attached hydrogens (primary N) is 1. The Morgan fingerprint density at radius 1 is 1.39 bits per heavy atom. The Balaban J connectivity index is 1.74. The van der Waals surface area contributed by atoms with Gasteiger partial charge in [0.15, 0.2) is 0 Å². The molecule has 2 fully saturated rings. The van der Waals surface area contributed by atoms with E-state index < -0.39 is 0 Å². The average molecular weight is 248 g/mol. The average Bonchev–Trinajstić information content (AvgIpc) is 2.93. The molecular weight excluding hydrogens is 228 g/mol. The first kappa shape index (κ1) is 11.7. The van der Waals surface area contributed by atoms with Gasteiger partial charge in [0.05, 0.1) is 6.61 Å². The molecule has 1 aromatic heterocycles. The van der Waals surface area contributed by atoms with Crippen LogP contribution in [-0.2, 0) is 0 Å². The van der Waals surface area contributed by atoms with Gasteiger partial charge in [-0.05, 0) is 31.6 Å². The van der Waals surface area contributed by atoms with E-state index in [1.54, 1.807) is 6.33 Å². The summed E-state index contributed by atoms with van der Waals surface area (Å²) in [6.07, 6.45) is 4.01. The van der Waals surface area contributed by atoms with Gasteiger partial charge in [-0.2, -0.15) is 0 Å². The highest BCUT2D eigenvalue weighted by atomic mass is 16.5. The predicted molar refractivity (Wildman–Crippen MR) is 69.6 cm³/mol. The maximum Gasteiger partial charge on any atom is 0.218 e. The van der Waals surface area contributed by atoms with E-state index in [1.165, 1.54) is 12.8 Å². The summed E-state index contributed by atoms with van der Waals surface area (Å²) in [5.41, 5.74) is 6.15. The molecule has 3 unspecified atom stereocenters. The molecule has 98 valence electrons. The summed E-state index contributed by atoms with van der Waals surface area (Å²) in [7, 11) is 0. The summed E-state index contributed by atoms with van der Waals surface area (Å²) >= 11 is 0. The van der Waals surface area contributed by atoms with Crippen LogP contribution in [-0.4, -0.2) is 35.7 Å². The molecule has 1 aliphatic carbocycles. The van der Waals surface area contributed by atoms with Crippen molar-refractivity contribution < 1.29 is 4.74 Å². The zero-order valence-corrected chi connectivity index (χ0v) is 10.7. The number of fused-ring (bicyclic) bond motifs is 1. The third-order valence-electron chi connectivity index (χ3n) is 4.16. The number of aromatic nitrogens is 2. The molecule has 3 rings (SSSR count). The van der Waals surface area contributed by atoms with Crippen LogP contribution in [0, 0.1) is 11.8 Å². The van der Waals surface area contributed by atoms with Gasteiger partial charge in [-0.1, -0.05) is 0 Å². The number of hydrogen-bond donors (Lipinski definition) is 1. The van der Waals surface area contributed by atoms with E-state index in [9.17, 15) is 0 Å². The van der Waals surface area contributed by atoms with Gasteiger partial charge in [0.25, 0.3) is 0 Å². The van der Waals surface area contributed by atoms with E-state index in [-0.39, 0.29) is 0 Å². The van der Waals surface area contributed by atoms with Crippen LogP contribution in [0.2, 0.25) is 0 Å². The predicted octanol–water partition coefficient (Wildman–Crippen LogP) is 1.05. The zero-order chi connectivity index (χ0) is 12.5. The third kappa shape index (κ3) is 2.03. The summed E-state index contributed by atoms with van der Waals surface area (Å²) in [6.45, 7) is 4.68. The molecule has 3 atom stereocenters. The van der Waals surface area contributed by atoms with E-state index >= 15 is 0 Å². The van der Waals surface area contributed by atoms with Crippen LogP contribution in [0.3, 0.4) is 0 Å². The fourth-order valence-electron chi connectivity index (χ4n) is 3.22. The number of anilines is 1. The van der Waals surface area contributed by atoms with Gasteiger partial charge in [-0.25, -0.2) is 9.97 Å². The first-order valence-electron chi connectivity index (χ1n) is 6.73. The lowest BCUT2D eigenvalue weighted by Gasteiger charge is -2.19. The first-order valence-corrected chi connectivity index (χ1v) is 6.73. The second kappa shape index (κ2) is 4.72. The van der Waals surface area contributed by atoms with Crippen LogP contribution in [0.1, 0.15) is 19.8 Å². The Kier molecular flexibility index (Phi) is 3.07. The number of nitrogens with zero attached hydrogens (tertiary/aromatic N) is 3. The second-order valence-corrected chi connectivity index (χ2v) is 5.22. The second-order valence-electron chi connectivity index (χ2n) is 5.22. The number of ether oxygens (including phenoxy) is 1. The lowest BCUT2D eigenvalue weighted by molar-refractivity contribution is 0.326. The quantitative estimate of drug-likeness (QED) is 0.866. The molecule has 1 saturated heterocycles. The topological polar surface area (TPSA) is 64.3 Å². The summed E-state index contributed by atoms with van der Waals surface area (Å²) in [5.74, 6) is 3.00. The molecule has 1 aromatic rings. The largest absolute Gasteiger partial charge is 0.478 e. The maximum absolute atomic E-state index is 6.15. The molecule has 1 aliphatic heterocycles. The van der Waals surface area contributed by atoms with Crippen molar-refractivity contribution in [1.29, 1.82) is 0 Å². The van der Waals surface area contributed by atoms with Crippen molar-refractivity contribution in [2.75, 3.05) is 24.6 Å². The minimum absolute atomic E-state index is 0.369. The van der Waals surface area contributed by atoms with Gasteiger partial charge < -0.3 is 15.4 Å². The van der Waals surface area contributed by atoms with Crippen molar-refractivity contribution in [2.45, 2.75) is 25.8 Å². The first-order chi connectivity index (χ1) is 8.78. The van der Waals surface area contributed by atoms with Gasteiger partial charge in [-0.15, -0.1) is 0 Å². The molecule has 2 N–H and O–H groups in total. The monoisotopic (exact) mass is 248 g/mol. The van der Waals surface area contributed by atoms with Gasteiger partial charge in [0.1, 0.15) is 12.1 Å².